The zero-order chi connectivity index (χ0) is 25.2. The third-order valence-electron chi connectivity index (χ3n) is 6.38. The molecule has 0 radical (unpaired) electrons. The van der Waals surface area contributed by atoms with Crippen molar-refractivity contribution in [3.8, 4) is 5.75 Å². The van der Waals surface area contributed by atoms with Gasteiger partial charge in [-0.05, 0) is 23.6 Å². The third-order valence-corrected chi connectivity index (χ3v) is 7.54. The summed E-state index contributed by atoms with van der Waals surface area (Å²) in [4.78, 5) is 24.7. The quantitative estimate of drug-likeness (QED) is 0.146. The van der Waals surface area contributed by atoms with Crippen LogP contribution in [-0.2, 0) is 19.4 Å². The first-order valence-corrected chi connectivity index (χ1v) is 12.6. The van der Waals surface area contributed by atoms with Crippen molar-refractivity contribution in [2.75, 3.05) is 25.1 Å². The number of nitrogen functional groups attached to an aromatic ring is 1. The van der Waals surface area contributed by atoms with Crippen LogP contribution in [-0.4, -0.2) is 46.2 Å². The van der Waals surface area contributed by atoms with Gasteiger partial charge in [0.25, 0.3) is 0 Å². The lowest BCUT2D eigenvalue weighted by atomic mass is 9.93. The van der Waals surface area contributed by atoms with Gasteiger partial charge >= 0.3 is 0 Å². The number of rotatable bonds is 8. The predicted molar refractivity (Wildman–Crippen MR) is 143 cm³/mol. The molecular formula is C26H29N7O2S+2. The Hall–Kier alpha value is -4.05. The number of anilines is 3. The maximum absolute atomic E-state index is 12.5. The summed E-state index contributed by atoms with van der Waals surface area (Å²) < 4.78 is 6.16. The van der Waals surface area contributed by atoms with Crippen molar-refractivity contribution in [3.05, 3.63) is 75.3 Å². The molecule has 2 heterocycles. The van der Waals surface area contributed by atoms with E-state index in [1.165, 1.54) is 16.7 Å². The van der Waals surface area contributed by atoms with E-state index in [-0.39, 0.29) is 6.04 Å². The highest BCUT2D eigenvalue weighted by molar-refractivity contribution is 7.19. The Morgan fingerprint density at radius 1 is 1.28 bits per heavy atom. The summed E-state index contributed by atoms with van der Waals surface area (Å²) in [6.45, 7) is 0.395. The minimum atomic E-state index is -0.0809. The highest BCUT2D eigenvalue weighted by Gasteiger charge is 2.35. The first kappa shape index (κ1) is 23.7. The van der Waals surface area contributed by atoms with Crippen molar-refractivity contribution >= 4 is 45.0 Å². The molecule has 1 aliphatic rings. The number of nitroso groups, excluding NO2 is 1. The molecule has 0 saturated heterocycles. The average molecular weight is 504 g/mol. The molecule has 0 amide bonds. The molecule has 0 fully saturated rings. The number of aromatic nitrogens is 2. The fourth-order valence-corrected chi connectivity index (χ4v) is 5.80. The second-order valence-corrected chi connectivity index (χ2v) is 10.1. The van der Waals surface area contributed by atoms with Crippen LogP contribution < -0.4 is 21.2 Å². The van der Waals surface area contributed by atoms with Crippen LogP contribution in [0.3, 0.4) is 0 Å². The van der Waals surface area contributed by atoms with Crippen LogP contribution in [0.5, 0.6) is 5.75 Å². The second kappa shape index (κ2) is 9.90. The Morgan fingerprint density at radius 3 is 2.83 bits per heavy atom. The first-order valence-electron chi connectivity index (χ1n) is 11.8. The summed E-state index contributed by atoms with van der Waals surface area (Å²) in [5.41, 5.74) is 10.4. The molecule has 2 aromatic carbocycles. The van der Waals surface area contributed by atoms with Gasteiger partial charge in [-0.1, -0.05) is 30.3 Å². The number of fused-ring (bicyclic) bond motifs is 3. The molecule has 0 saturated carbocycles. The number of nitrogens with zero attached hydrogens (tertiary/aromatic N) is 4. The van der Waals surface area contributed by atoms with Gasteiger partial charge in [0.2, 0.25) is 6.04 Å². The zero-order valence-electron chi connectivity index (χ0n) is 20.3. The molecule has 1 aliphatic carbocycles. The van der Waals surface area contributed by atoms with Gasteiger partial charge in [-0.25, -0.2) is 9.97 Å². The monoisotopic (exact) mass is 503 g/mol. The van der Waals surface area contributed by atoms with Crippen molar-refractivity contribution in [1.82, 2.24) is 15.0 Å². The first-order chi connectivity index (χ1) is 17.4. The maximum atomic E-state index is 12.5. The van der Waals surface area contributed by atoms with E-state index in [9.17, 15) is 4.91 Å². The van der Waals surface area contributed by atoms with E-state index < -0.39 is 0 Å². The zero-order valence-corrected chi connectivity index (χ0v) is 21.1. The van der Waals surface area contributed by atoms with Crippen LogP contribution >= 0.6 is 11.3 Å². The smallest absolute Gasteiger partial charge is 0.239 e. The minimum absolute atomic E-state index is 0.0809. The third kappa shape index (κ3) is 4.59. The summed E-state index contributed by atoms with van der Waals surface area (Å²) in [5.74, 6) is 1.30. The molecule has 0 aliphatic heterocycles. The van der Waals surface area contributed by atoms with E-state index in [1.54, 1.807) is 42.8 Å². The normalized spacial score (nSPS) is 14.8. The van der Waals surface area contributed by atoms with Crippen LogP contribution in [0.1, 0.15) is 28.0 Å². The molecule has 10 heteroatoms. The van der Waals surface area contributed by atoms with Crippen LogP contribution in [0.25, 0.3) is 10.2 Å². The number of hydrazine groups is 1. The number of thiophene rings is 1. The van der Waals surface area contributed by atoms with Crippen molar-refractivity contribution in [2.24, 2.45) is 0 Å². The lowest BCUT2D eigenvalue weighted by molar-refractivity contribution is -0.725. The number of ether oxygens (including phenoxy) is 1. The number of aryl methyl sites for hydroxylation is 1. The van der Waals surface area contributed by atoms with Gasteiger partial charge in [-0.2, -0.15) is 0 Å². The largest absolute Gasteiger partial charge is 0.487 e. The molecule has 184 valence electrons. The molecule has 9 nitrogen and oxygen atoms in total. The van der Waals surface area contributed by atoms with Crippen molar-refractivity contribution in [1.29, 1.82) is 0 Å². The molecule has 36 heavy (non-hydrogen) atoms. The summed E-state index contributed by atoms with van der Waals surface area (Å²) in [6.07, 6.45) is 5.28. The number of benzene rings is 2. The summed E-state index contributed by atoms with van der Waals surface area (Å²) in [5, 5.41) is 11.9. The lowest BCUT2D eigenvalue weighted by Crippen LogP contribution is -2.38. The number of hydrogen-bond donors (Lipinski definition) is 3. The van der Waals surface area contributed by atoms with Gasteiger partial charge in [0, 0.05) is 23.1 Å². The Labute approximate surface area is 213 Å². The average Bonchev–Trinajstić information content (AvgIpc) is 3.27. The molecule has 5 N–H and O–H groups in total. The molecule has 0 bridgehead atoms. The van der Waals surface area contributed by atoms with Gasteiger partial charge in [0.05, 0.1) is 42.1 Å². The van der Waals surface area contributed by atoms with Gasteiger partial charge in [0.15, 0.2) is 6.21 Å². The van der Waals surface area contributed by atoms with E-state index in [2.05, 4.69) is 15.3 Å². The topological polar surface area (TPSA) is 122 Å². The van der Waals surface area contributed by atoms with Crippen LogP contribution in [0, 0.1) is 4.91 Å². The minimum Gasteiger partial charge on any atom is -0.487 e. The van der Waals surface area contributed by atoms with Gasteiger partial charge in [-0.15, -0.1) is 16.3 Å². The summed E-state index contributed by atoms with van der Waals surface area (Å²) in [7, 11) is 3.55. The lowest BCUT2D eigenvalue weighted by Gasteiger charge is -2.18. The molecule has 2 aromatic heterocycles. The number of nitrogens with one attached hydrogen (secondary N) is 1. The Bertz CT molecular complexity index is 1440. The second-order valence-electron chi connectivity index (χ2n) is 9.00. The van der Waals surface area contributed by atoms with Crippen molar-refractivity contribution < 1.29 is 15.0 Å². The standard InChI is InChI=1S/C26H28N7O2S/c1-32(2)33(34)18-8-9-19-23(11-18)36-26-24(19)25(29-15-30-26)31-21-10-17(13-27)20(28)12-22(21)35-14-16-6-4-3-5-7-16/h3-7,10,12-13,15,18,27H,8-9,11,14,28H2,1-2H3,(H,29,30,31)/q+1/p+1. The van der Waals surface area contributed by atoms with E-state index in [4.69, 9.17) is 15.9 Å². The van der Waals surface area contributed by atoms with Crippen LogP contribution in [0.15, 0.2) is 48.8 Å². The van der Waals surface area contributed by atoms with Crippen LogP contribution in [0.4, 0.5) is 17.2 Å². The predicted octanol–water partition coefficient (Wildman–Crippen LogP) is 2.89. The molecule has 1 unspecified atom stereocenters. The van der Waals surface area contributed by atoms with E-state index in [0.717, 1.165) is 33.5 Å². The highest BCUT2D eigenvalue weighted by Crippen LogP contribution is 2.41. The van der Waals surface area contributed by atoms with Gasteiger partial charge in [0.1, 0.15) is 34.2 Å². The van der Waals surface area contributed by atoms with Crippen molar-refractivity contribution in [2.45, 2.75) is 31.9 Å². The van der Waals surface area contributed by atoms with Gasteiger partial charge < -0.3 is 15.8 Å². The number of hydrogen-bond acceptors (Lipinski definition) is 7. The van der Waals surface area contributed by atoms with Crippen molar-refractivity contribution in [3.63, 3.8) is 0 Å². The highest BCUT2D eigenvalue weighted by atomic mass is 32.1. The number of nitrogens with two attached hydrogens (primary N) is 2. The maximum Gasteiger partial charge on any atom is 0.239 e. The Balaban J connectivity index is 1.49. The molecule has 4 aromatic rings. The Morgan fingerprint density at radius 2 is 2.08 bits per heavy atom. The summed E-state index contributed by atoms with van der Waals surface area (Å²) in [6, 6.07) is 13.5. The SMILES string of the molecule is CN(C)[N+](=O)C1CCc2c(sc3ncnc(Nc4cc(C=[NH2+])c(N)cc4OCc4ccccc4)c23)C1. The van der Waals surface area contributed by atoms with E-state index in [0.29, 0.717) is 41.5 Å². The van der Waals surface area contributed by atoms with Gasteiger partial charge in [-0.3, -0.25) is 5.41 Å². The fraction of sp³-hybridized carbons (Fsp3) is 0.269. The Kier molecular flexibility index (Phi) is 6.51. The van der Waals surface area contributed by atoms with E-state index in [1.807, 2.05) is 36.4 Å². The molecular weight excluding hydrogens is 474 g/mol. The van der Waals surface area contributed by atoms with Crippen LogP contribution in [0.2, 0.25) is 0 Å². The fourth-order valence-electron chi connectivity index (χ4n) is 4.54. The molecule has 5 rings (SSSR count). The molecule has 0 spiro atoms. The summed E-state index contributed by atoms with van der Waals surface area (Å²) >= 11 is 1.63. The van der Waals surface area contributed by atoms with E-state index >= 15 is 0 Å². The molecule has 1 atom stereocenters.